The fraction of sp³-hybridized carbons (Fsp3) is 0.750. The molecule has 0 fully saturated rings. The van der Waals surface area contributed by atoms with E-state index in [1.165, 1.54) is 0 Å². The zero-order chi connectivity index (χ0) is 14.6. The molecule has 0 aromatic heterocycles. The molecule has 0 saturated carbocycles. The average molecular weight is 273 g/mol. The molecule has 6 heteroatoms. The third-order valence-electron chi connectivity index (χ3n) is 3.28. The first-order valence-electron chi connectivity index (χ1n) is 5.92. The van der Waals surface area contributed by atoms with Gasteiger partial charge in [0.1, 0.15) is 0 Å². The van der Waals surface area contributed by atoms with Gasteiger partial charge in [-0.3, -0.25) is 9.59 Å². The summed E-state index contributed by atoms with van der Waals surface area (Å²) in [5.41, 5.74) is 4.06. The van der Waals surface area contributed by atoms with Crippen LogP contribution in [-0.4, -0.2) is 30.4 Å². The molecule has 2 amide bonds. The summed E-state index contributed by atoms with van der Waals surface area (Å²) in [7, 11) is 1.57. The van der Waals surface area contributed by atoms with Crippen LogP contribution >= 0.6 is 12.2 Å². The SMILES string of the molecule is CCC(C)(C(=O)NCC(C)(C)C(=O)NC)C(N)=S. The van der Waals surface area contributed by atoms with Crippen LogP contribution in [0.1, 0.15) is 34.1 Å². The highest BCUT2D eigenvalue weighted by atomic mass is 32.1. The van der Waals surface area contributed by atoms with Crippen molar-refractivity contribution in [3.8, 4) is 0 Å². The minimum Gasteiger partial charge on any atom is -0.392 e. The van der Waals surface area contributed by atoms with E-state index in [2.05, 4.69) is 10.6 Å². The molecule has 0 aromatic rings. The number of nitrogens with one attached hydrogen (secondary N) is 2. The summed E-state index contributed by atoms with van der Waals surface area (Å²) in [6.45, 7) is 7.32. The van der Waals surface area contributed by atoms with Crippen LogP contribution in [0.2, 0.25) is 0 Å². The monoisotopic (exact) mass is 273 g/mol. The second-order valence-corrected chi connectivity index (χ2v) is 5.64. The molecule has 0 heterocycles. The quantitative estimate of drug-likeness (QED) is 0.618. The first kappa shape index (κ1) is 16.8. The predicted octanol–water partition coefficient (Wildman–Crippen LogP) is 0.577. The van der Waals surface area contributed by atoms with Gasteiger partial charge in [-0.05, 0) is 27.2 Å². The lowest BCUT2D eigenvalue weighted by Gasteiger charge is -2.29. The summed E-state index contributed by atoms with van der Waals surface area (Å²) in [5, 5.41) is 5.31. The Kier molecular flexibility index (Phi) is 5.73. The molecule has 0 bridgehead atoms. The molecule has 1 unspecified atom stereocenters. The van der Waals surface area contributed by atoms with Gasteiger partial charge in [-0.2, -0.15) is 0 Å². The Labute approximate surface area is 114 Å². The van der Waals surface area contributed by atoms with Crippen LogP contribution < -0.4 is 16.4 Å². The Balaban J connectivity index is 4.70. The second kappa shape index (κ2) is 6.13. The largest absolute Gasteiger partial charge is 0.392 e. The number of amides is 2. The number of hydrogen-bond donors (Lipinski definition) is 3. The van der Waals surface area contributed by atoms with Gasteiger partial charge < -0.3 is 16.4 Å². The van der Waals surface area contributed by atoms with Gasteiger partial charge in [0.25, 0.3) is 0 Å². The van der Waals surface area contributed by atoms with E-state index < -0.39 is 10.8 Å². The van der Waals surface area contributed by atoms with E-state index in [1.54, 1.807) is 27.8 Å². The highest BCUT2D eigenvalue weighted by Gasteiger charge is 2.36. The molecule has 104 valence electrons. The first-order valence-corrected chi connectivity index (χ1v) is 6.33. The van der Waals surface area contributed by atoms with Crippen LogP contribution in [0.15, 0.2) is 0 Å². The van der Waals surface area contributed by atoms with Crippen molar-refractivity contribution in [1.82, 2.24) is 10.6 Å². The number of rotatable bonds is 6. The van der Waals surface area contributed by atoms with E-state index in [1.807, 2.05) is 6.92 Å². The normalized spacial score (nSPS) is 14.5. The highest BCUT2D eigenvalue weighted by Crippen LogP contribution is 2.22. The van der Waals surface area contributed by atoms with Crippen molar-refractivity contribution in [3.63, 3.8) is 0 Å². The van der Waals surface area contributed by atoms with Crippen molar-refractivity contribution in [1.29, 1.82) is 0 Å². The highest BCUT2D eigenvalue weighted by molar-refractivity contribution is 7.80. The Morgan fingerprint density at radius 3 is 2.06 bits per heavy atom. The van der Waals surface area contributed by atoms with Crippen molar-refractivity contribution < 1.29 is 9.59 Å². The molecule has 0 aliphatic carbocycles. The van der Waals surface area contributed by atoms with E-state index in [9.17, 15) is 9.59 Å². The molecular formula is C12H23N3O2S. The minimum absolute atomic E-state index is 0.128. The summed E-state index contributed by atoms with van der Waals surface area (Å²) in [6.07, 6.45) is 0.522. The van der Waals surface area contributed by atoms with E-state index in [0.717, 1.165) is 0 Å². The zero-order valence-electron chi connectivity index (χ0n) is 11.7. The molecule has 5 nitrogen and oxygen atoms in total. The van der Waals surface area contributed by atoms with Gasteiger partial charge in [0, 0.05) is 13.6 Å². The van der Waals surface area contributed by atoms with Gasteiger partial charge in [0.05, 0.1) is 15.8 Å². The number of carbonyl (C=O) groups is 2. The summed E-state index contributed by atoms with van der Waals surface area (Å²) < 4.78 is 0. The standard InChI is InChI=1S/C12H23N3O2S/c1-6-12(4,8(13)18)10(17)15-7-11(2,3)9(16)14-5/h6-7H2,1-5H3,(H2,13,18)(H,14,16)(H,15,17). The molecule has 0 spiro atoms. The third-order valence-corrected chi connectivity index (χ3v) is 3.74. The van der Waals surface area contributed by atoms with Crippen molar-refractivity contribution in [2.45, 2.75) is 34.1 Å². The van der Waals surface area contributed by atoms with Crippen molar-refractivity contribution in [2.75, 3.05) is 13.6 Å². The van der Waals surface area contributed by atoms with Gasteiger partial charge in [0.15, 0.2) is 0 Å². The molecule has 0 aliphatic heterocycles. The Morgan fingerprint density at radius 2 is 1.72 bits per heavy atom. The van der Waals surface area contributed by atoms with Crippen LogP contribution in [-0.2, 0) is 9.59 Å². The molecule has 0 radical (unpaired) electrons. The Hall–Kier alpha value is -1.17. The lowest BCUT2D eigenvalue weighted by atomic mass is 9.85. The lowest BCUT2D eigenvalue weighted by Crippen LogP contribution is -2.51. The molecule has 4 N–H and O–H groups in total. The molecule has 1 atom stereocenters. The van der Waals surface area contributed by atoms with Crippen LogP contribution in [0.5, 0.6) is 0 Å². The number of hydrogen-bond acceptors (Lipinski definition) is 3. The van der Waals surface area contributed by atoms with E-state index in [-0.39, 0.29) is 23.3 Å². The molecule has 0 aromatic carbocycles. The summed E-state index contributed by atoms with van der Waals surface area (Å²) in [4.78, 5) is 23.8. The molecule has 0 saturated heterocycles. The molecule has 18 heavy (non-hydrogen) atoms. The van der Waals surface area contributed by atoms with Crippen LogP contribution in [0.25, 0.3) is 0 Å². The number of thiocarbonyl (C=S) groups is 1. The van der Waals surface area contributed by atoms with Gasteiger partial charge in [-0.1, -0.05) is 19.1 Å². The van der Waals surface area contributed by atoms with Gasteiger partial charge in [-0.25, -0.2) is 0 Å². The van der Waals surface area contributed by atoms with Crippen LogP contribution in [0.4, 0.5) is 0 Å². The fourth-order valence-corrected chi connectivity index (χ4v) is 1.60. The third kappa shape index (κ3) is 3.66. The van der Waals surface area contributed by atoms with E-state index >= 15 is 0 Å². The smallest absolute Gasteiger partial charge is 0.232 e. The second-order valence-electron chi connectivity index (χ2n) is 5.20. The lowest BCUT2D eigenvalue weighted by molar-refractivity contribution is -0.131. The maximum Gasteiger partial charge on any atom is 0.232 e. The average Bonchev–Trinajstić information content (AvgIpc) is 2.33. The summed E-state index contributed by atoms with van der Waals surface area (Å²) in [6, 6.07) is 0. The summed E-state index contributed by atoms with van der Waals surface area (Å²) >= 11 is 4.93. The summed E-state index contributed by atoms with van der Waals surface area (Å²) in [5.74, 6) is -0.370. The first-order chi connectivity index (χ1) is 8.11. The van der Waals surface area contributed by atoms with Gasteiger partial charge in [-0.15, -0.1) is 0 Å². The minimum atomic E-state index is -0.867. The maximum absolute atomic E-state index is 12.1. The number of nitrogens with two attached hydrogens (primary N) is 1. The van der Waals surface area contributed by atoms with E-state index in [0.29, 0.717) is 6.42 Å². The van der Waals surface area contributed by atoms with Gasteiger partial charge >= 0.3 is 0 Å². The van der Waals surface area contributed by atoms with Crippen molar-refractivity contribution in [2.24, 2.45) is 16.6 Å². The fourth-order valence-electron chi connectivity index (χ4n) is 1.36. The van der Waals surface area contributed by atoms with Crippen molar-refractivity contribution >= 4 is 29.0 Å². The molecule has 0 rings (SSSR count). The Morgan fingerprint density at radius 1 is 1.22 bits per heavy atom. The van der Waals surface area contributed by atoms with Crippen molar-refractivity contribution in [3.05, 3.63) is 0 Å². The topological polar surface area (TPSA) is 84.2 Å². The zero-order valence-corrected chi connectivity index (χ0v) is 12.5. The molecular weight excluding hydrogens is 250 g/mol. The number of carbonyl (C=O) groups excluding carboxylic acids is 2. The molecule has 0 aliphatic rings. The van der Waals surface area contributed by atoms with E-state index in [4.69, 9.17) is 18.0 Å². The van der Waals surface area contributed by atoms with Crippen LogP contribution in [0.3, 0.4) is 0 Å². The maximum atomic E-state index is 12.1. The van der Waals surface area contributed by atoms with Gasteiger partial charge in [0.2, 0.25) is 11.8 Å². The van der Waals surface area contributed by atoms with Crippen LogP contribution in [0, 0.1) is 10.8 Å². The Bertz CT molecular complexity index is 355. The predicted molar refractivity (Wildman–Crippen MR) is 76.0 cm³/mol.